The number of imidazole rings is 1. The summed E-state index contributed by atoms with van der Waals surface area (Å²) in [5, 5.41) is 14.2. The lowest BCUT2D eigenvalue weighted by Crippen LogP contribution is -2.17. The maximum atomic E-state index is 12.5. The number of aryl methyl sites for hydroxylation is 2. The van der Waals surface area contributed by atoms with Crippen LogP contribution in [0.2, 0.25) is 0 Å². The summed E-state index contributed by atoms with van der Waals surface area (Å²) in [6, 6.07) is 12.1. The lowest BCUT2D eigenvalue weighted by atomic mass is 10.2. The highest BCUT2D eigenvalue weighted by Gasteiger charge is 2.13. The van der Waals surface area contributed by atoms with E-state index in [-0.39, 0.29) is 17.7 Å². The molecule has 4 aromatic rings. The van der Waals surface area contributed by atoms with Gasteiger partial charge in [0.15, 0.2) is 11.5 Å². The van der Waals surface area contributed by atoms with Crippen molar-refractivity contribution in [1.29, 1.82) is 0 Å². The molecule has 1 aromatic carbocycles. The molecule has 0 unspecified atom stereocenters. The Morgan fingerprint density at radius 3 is 2.59 bits per heavy atom. The number of nitrogens with one attached hydrogen (secondary N) is 2. The number of anilines is 2. The lowest BCUT2D eigenvalue weighted by Gasteiger charge is -2.08. The van der Waals surface area contributed by atoms with E-state index in [2.05, 4.69) is 25.8 Å². The van der Waals surface area contributed by atoms with Gasteiger partial charge >= 0.3 is 0 Å². The molecular weight excluding hydrogens is 410 g/mol. The summed E-state index contributed by atoms with van der Waals surface area (Å²) in [6.07, 6.45) is 1.62. The first-order chi connectivity index (χ1) is 15.3. The summed E-state index contributed by atoms with van der Waals surface area (Å²) in [5.74, 6) is 0.723. The van der Waals surface area contributed by atoms with E-state index >= 15 is 0 Å². The van der Waals surface area contributed by atoms with Crippen LogP contribution in [0.3, 0.4) is 0 Å². The third-order valence-electron chi connectivity index (χ3n) is 4.62. The van der Waals surface area contributed by atoms with Crippen molar-refractivity contribution in [2.24, 2.45) is 13.0 Å². The van der Waals surface area contributed by atoms with Gasteiger partial charge in [0.1, 0.15) is 11.4 Å². The van der Waals surface area contributed by atoms with E-state index < -0.39 is 0 Å². The minimum Gasteiger partial charge on any atom is -0.438 e. The molecule has 10 nitrogen and oxygen atoms in total. The van der Waals surface area contributed by atoms with Gasteiger partial charge in [-0.15, -0.1) is 5.10 Å². The number of hydrogen-bond acceptors (Lipinski definition) is 6. The molecule has 4 rings (SSSR count). The zero-order chi connectivity index (χ0) is 22.8. The van der Waals surface area contributed by atoms with E-state index in [4.69, 9.17) is 4.74 Å². The minimum absolute atomic E-state index is 0.120. The van der Waals surface area contributed by atoms with Crippen LogP contribution in [0.5, 0.6) is 11.6 Å². The van der Waals surface area contributed by atoms with Crippen molar-refractivity contribution >= 4 is 29.0 Å². The van der Waals surface area contributed by atoms with Crippen LogP contribution in [0, 0.1) is 12.8 Å². The molecule has 0 saturated heterocycles. The van der Waals surface area contributed by atoms with Gasteiger partial charge in [0.2, 0.25) is 11.8 Å². The Labute approximate surface area is 184 Å². The fourth-order valence-corrected chi connectivity index (χ4v) is 3.03. The predicted molar refractivity (Wildman–Crippen MR) is 119 cm³/mol. The molecule has 0 fully saturated rings. The number of rotatable bonds is 6. The summed E-state index contributed by atoms with van der Waals surface area (Å²) in [5.41, 5.74) is 2.38. The second kappa shape index (κ2) is 8.50. The van der Waals surface area contributed by atoms with E-state index in [0.717, 1.165) is 5.69 Å². The van der Waals surface area contributed by atoms with Gasteiger partial charge in [0.25, 0.3) is 5.91 Å². The Morgan fingerprint density at radius 2 is 1.88 bits per heavy atom. The molecular formula is C22H23N7O3. The Bertz CT molecular complexity index is 1310. The quantitative estimate of drug-likeness (QED) is 0.481. The number of carbonyl (C=O) groups excluding carboxylic acids is 2. The molecule has 3 aromatic heterocycles. The van der Waals surface area contributed by atoms with Gasteiger partial charge < -0.3 is 15.4 Å². The zero-order valence-corrected chi connectivity index (χ0v) is 18.2. The molecule has 10 heteroatoms. The molecule has 2 amide bonds. The maximum absolute atomic E-state index is 12.5. The van der Waals surface area contributed by atoms with Crippen LogP contribution in [0.1, 0.15) is 30.0 Å². The number of benzene rings is 1. The van der Waals surface area contributed by atoms with Gasteiger partial charge in [0, 0.05) is 30.8 Å². The Morgan fingerprint density at radius 1 is 1.06 bits per heavy atom. The van der Waals surface area contributed by atoms with Crippen molar-refractivity contribution in [3.8, 4) is 11.6 Å². The lowest BCUT2D eigenvalue weighted by molar-refractivity contribution is -0.118. The van der Waals surface area contributed by atoms with E-state index in [1.165, 1.54) is 9.20 Å². The van der Waals surface area contributed by atoms with Crippen LogP contribution in [0.4, 0.5) is 11.5 Å². The van der Waals surface area contributed by atoms with Crippen molar-refractivity contribution in [3.63, 3.8) is 0 Å². The van der Waals surface area contributed by atoms with Crippen molar-refractivity contribution in [3.05, 3.63) is 60.0 Å². The van der Waals surface area contributed by atoms with Crippen LogP contribution in [0.25, 0.3) is 5.65 Å². The number of hydrogen-bond donors (Lipinski definition) is 2. The monoisotopic (exact) mass is 433 g/mol. The second-order valence-corrected chi connectivity index (χ2v) is 7.62. The number of aromatic nitrogens is 5. The fourth-order valence-electron chi connectivity index (χ4n) is 3.03. The number of ether oxygens (including phenoxy) is 1. The zero-order valence-electron chi connectivity index (χ0n) is 18.2. The molecule has 0 aliphatic carbocycles. The molecule has 0 aliphatic heterocycles. The molecule has 0 bridgehead atoms. The molecule has 2 N–H and O–H groups in total. The summed E-state index contributed by atoms with van der Waals surface area (Å²) in [7, 11) is 1.72. The molecule has 32 heavy (non-hydrogen) atoms. The standard InChI is InChI=1S/C22H23N7O3/c1-13(2)21(30)25-18-12-29-19(24-18)8-9-20(27-29)32-16-7-5-6-15(11-16)23-22(31)17-10-14(3)26-28(17)4/h5-13H,1-4H3,(H,23,31)(H,25,30). The maximum Gasteiger partial charge on any atom is 0.273 e. The first kappa shape index (κ1) is 21.0. The summed E-state index contributed by atoms with van der Waals surface area (Å²) < 4.78 is 8.92. The molecule has 3 heterocycles. The normalized spacial score (nSPS) is 11.0. The molecule has 0 atom stereocenters. The van der Waals surface area contributed by atoms with Crippen LogP contribution in [-0.2, 0) is 11.8 Å². The van der Waals surface area contributed by atoms with Crippen molar-refractivity contribution in [1.82, 2.24) is 24.4 Å². The minimum atomic E-state index is -0.265. The highest BCUT2D eigenvalue weighted by molar-refractivity contribution is 6.03. The van der Waals surface area contributed by atoms with Crippen LogP contribution >= 0.6 is 0 Å². The Hall–Kier alpha value is -4.21. The molecule has 0 spiro atoms. The van der Waals surface area contributed by atoms with E-state index in [1.807, 2.05) is 20.8 Å². The molecule has 0 radical (unpaired) electrons. The number of carbonyl (C=O) groups is 2. The van der Waals surface area contributed by atoms with Crippen molar-refractivity contribution < 1.29 is 14.3 Å². The Balaban J connectivity index is 1.48. The molecule has 0 saturated carbocycles. The van der Waals surface area contributed by atoms with Gasteiger partial charge in [-0.25, -0.2) is 9.50 Å². The van der Waals surface area contributed by atoms with Gasteiger partial charge in [0.05, 0.1) is 11.9 Å². The fraction of sp³-hybridized carbons (Fsp3) is 0.227. The van der Waals surface area contributed by atoms with E-state index in [0.29, 0.717) is 34.5 Å². The SMILES string of the molecule is Cc1cc(C(=O)Nc2cccc(Oc3ccc4nc(NC(=O)C(C)C)cn4n3)c2)n(C)n1. The van der Waals surface area contributed by atoms with Gasteiger partial charge in [-0.1, -0.05) is 19.9 Å². The van der Waals surface area contributed by atoms with Gasteiger partial charge in [-0.3, -0.25) is 14.3 Å². The number of amides is 2. The topological polar surface area (TPSA) is 115 Å². The van der Waals surface area contributed by atoms with E-state index in [9.17, 15) is 9.59 Å². The second-order valence-electron chi connectivity index (χ2n) is 7.62. The highest BCUT2D eigenvalue weighted by atomic mass is 16.5. The first-order valence-electron chi connectivity index (χ1n) is 10.1. The van der Waals surface area contributed by atoms with Crippen LogP contribution in [0.15, 0.2) is 48.7 Å². The van der Waals surface area contributed by atoms with Crippen LogP contribution < -0.4 is 15.4 Å². The first-order valence-corrected chi connectivity index (χ1v) is 10.1. The summed E-state index contributed by atoms with van der Waals surface area (Å²) >= 11 is 0. The largest absolute Gasteiger partial charge is 0.438 e. The van der Waals surface area contributed by atoms with Gasteiger partial charge in [-0.05, 0) is 31.2 Å². The number of fused-ring (bicyclic) bond motifs is 1. The van der Waals surface area contributed by atoms with Gasteiger partial charge in [-0.2, -0.15) is 5.10 Å². The molecule has 164 valence electrons. The average Bonchev–Trinajstić information content (AvgIpc) is 3.29. The smallest absolute Gasteiger partial charge is 0.273 e. The number of nitrogens with zero attached hydrogens (tertiary/aromatic N) is 5. The molecule has 0 aliphatic rings. The van der Waals surface area contributed by atoms with Crippen molar-refractivity contribution in [2.75, 3.05) is 10.6 Å². The van der Waals surface area contributed by atoms with Crippen LogP contribution in [-0.4, -0.2) is 36.2 Å². The third-order valence-corrected chi connectivity index (χ3v) is 4.62. The van der Waals surface area contributed by atoms with E-state index in [1.54, 1.807) is 55.7 Å². The highest BCUT2D eigenvalue weighted by Crippen LogP contribution is 2.24. The average molecular weight is 433 g/mol. The summed E-state index contributed by atoms with van der Waals surface area (Å²) in [6.45, 7) is 5.45. The predicted octanol–water partition coefficient (Wildman–Crippen LogP) is 3.41. The Kier molecular flexibility index (Phi) is 5.59. The van der Waals surface area contributed by atoms with Crippen molar-refractivity contribution in [2.45, 2.75) is 20.8 Å². The third kappa shape index (κ3) is 4.59. The summed E-state index contributed by atoms with van der Waals surface area (Å²) in [4.78, 5) is 28.7.